The second-order valence-electron chi connectivity index (χ2n) is 6.89. The van der Waals surface area contributed by atoms with Gasteiger partial charge in [0.05, 0.1) is 7.11 Å². The molecule has 3 rings (SSSR count). The van der Waals surface area contributed by atoms with Gasteiger partial charge in [0.25, 0.3) is 5.91 Å². The van der Waals surface area contributed by atoms with Gasteiger partial charge in [-0.3, -0.25) is 4.79 Å². The molecule has 26 heavy (non-hydrogen) atoms. The van der Waals surface area contributed by atoms with Crippen LogP contribution in [0.15, 0.2) is 48.5 Å². The molecule has 0 radical (unpaired) electrons. The van der Waals surface area contributed by atoms with Gasteiger partial charge in [0, 0.05) is 23.7 Å². The van der Waals surface area contributed by atoms with Crippen LogP contribution in [0.5, 0.6) is 5.75 Å². The maximum atomic E-state index is 12.8. The SMILES string of the molecule is CCCN1CCCC(NC(=O)c2cccc(-c3ccccc3OC)c2)C1. The first kappa shape index (κ1) is 18.5. The van der Waals surface area contributed by atoms with E-state index in [4.69, 9.17) is 4.74 Å². The Kier molecular flexibility index (Phi) is 6.29. The average Bonchev–Trinajstić information content (AvgIpc) is 2.68. The fourth-order valence-corrected chi connectivity index (χ4v) is 3.67. The Morgan fingerprint density at radius 1 is 1.23 bits per heavy atom. The molecule has 1 unspecified atom stereocenters. The molecule has 2 aromatic rings. The number of benzene rings is 2. The molecule has 0 bridgehead atoms. The van der Waals surface area contributed by atoms with E-state index in [1.54, 1.807) is 7.11 Å². The molecular formula is C22H28N2O2. The summed E-state index contributed by atoms with van der Waals surface area (Å²) < 4.78 is 5.45. The minimum Gasteiger partial charge on any atom is -0.496 e. The summed E-state index contributed by atoms with van der Waals surface area (Å²) in [5.74, 6) is 0.817. The van der Waals surface area contributed by atoms with E-state index in [-0.39, 0.29) is 11.9 Å². The second-order valence-corrected chi connectivity index (χ2v) is 6.89. The van der Waals surface area contributed by atoms with Crippen LogP contribution in [0.1, 0.15) is 36.5 Å². The number of carbonyl (C=O) groups is 1. The summed E-state index contributed by atoms with van der Waals surface area (Å²) in [7, 11) is 1.67. The summed E-state index contributed by atoms with van der Waals surface area (Å²) in [4.78, 5) is 15.2. The highest BCUT2D eigenvalue weighted by molar-refractivity contribution is 5.95. The highest BCUT2D eigenvalue weighted by Crippen LogP contribution is 2.30. The third-order valence-corrected chi connectivity index (χ3v) is 4.92. The van der Waals surface area contributed by atoms with Crippen molar-refractivity contribution in [1.29, 1.82) is 0 Å². The Balaban J connectivity index is 1.72. The van der Waals surface area contributed by atoms with Gasteiger partial charge in [-0.25, -0.2) is 0 Å². The van der Waals surface area contributed by atoms with E-state index in [1.165, 1.54) is 0 Å². The Morgan fingerprint density at radius 3 is 2.88 bits per heavy atom. The number of carbonyl (C=O) groups excluding carboxylic acids is 1. The smallest absolute Gasteiger partial charge is 0.251 e. The molecule has 4 heteroatoms. The summed E-state index contributed by atoms with van der Waals surface area (Å²) in [5, 5.41) is 3.22. The van der Waals surface area contributed by atoms with Crippen molar-refractivity contribution in [3.63, 3.8) is 0 Å². The lowest BCUT2D eigenvalue weighted by Gasteiger charge is -2.32. The van der Waals surface area contributed by atoms with E-state index in [0.717, 1.165) is 55.8 Å². The molecule has 1 N–H and O–H groups in total. The molecule has 0 saturated carbocycles. The number of likely N-dealkylation sites (tertiary alicyclic amines) is 1. The van der Waals surface area contributed by atoms with E-state index >= 15 is 0 Å². The van der Waals surface area contributed by atoms with E-state index in [0.29, 0.717) is 5.56 Å². The predicted molar refractivity (Wildman–Crippen MR) is 106 cm³/mol. The summed E-state index contributed by atoms with van der Waals surface area (Å²) in [6.07, 6.45) is 3.35. The van der Waals surface area contributed by atoms with Crippen molar-refractivity contribution in [3.8, 4) is 16.9 Å². The van der Waals surface area contributed by atoms with Gasteiger partial charge in [-0.15, -0.1) is 0 Å². The number of ether oxygens (including phenoxy) is 1. The molecule has 1 saturated heterocycles. The van der Waals surface area contributed by atoms with Crippen LogP contribution in [-0.2, 0) is 0 Å². The fourth-order valence-electron chi connectivity index (χ4n) is 3.67. The van der Waals surface area contributed by atoms with Gasteiger partial charge < -0.3 is 15.0 Å². The molecule has 1 amide bonds. The van der Waals surface area contributed by atoms with Crippen molar-refractivity contribution < 1.29 is 9.53 Å². The van der Waals surface area contributed by atoms with Crippen LogP contribution in [0.3, 0.4) is 0 Å². The first-order valence-electron chi connectivity index (χ1n) is 9.48. The molecule has 0 aliphatic carbocycles. The van der Waals surface area contributed by atoms with E-state index in [9.17, 15) is 4.79 Å². The Labute approximate surface area is 156 Å². The van der Waals surface area contributed by atoms with Crippen LogP contribution in [0.25, 0.3) is 11.1 Å². The molecule has 0 aromatic heterocycles. The summed E-state index contributed by atoms with van der Waals surface area (Å²) in [6, 6.07) is 15.9. The number of nitrogens with one attached hydrogen (secondary N) is 1. The Morgan fingerprint density at radius 2 is 2.08 bits per heavy atom. The van der Waals surface area contributed by atoms with Gasteiger partial charge in [0.1, 0.15) is 5.75 Å². The summed E-state index contributed by atoms with van der Waals surface area (Å²) in [5.41, 5.74) is 2.68. The highest BCUT2D eigenvalue weighted by atomic mass is 16.5. The van der Waals surface area contributed by atoms with E-state index in [2.05, 4.69) is 17.1 Å². The van der Waals surface area contributed by atoms with Gasteiger partial charge in [-0.05, 0) is 56.1 Å². The molecule has 0 spiro atoms. The second kappa shape index (κ2) is 8.86. The molecule has 2 aromatic carbocycles. The van der Waals surface area contributed by atoms with E-state index in [1.807, 2.05) is 48.5 Å². The van der Waals surface area contributed by atoms with Gasteiger partial charge in [0.2, 0.25) is 0 Å². The van der Waals surface area contributed by atoms with Crippen LogP contribution in [-0.4, -0.2) is 43.6 Å². The zero-order valence-corrected chi connectivity index (χ0v) is 15.7. The lowest BCUT2D eigenvalue weighted by atomic mass is 10.0. The maximum absolute atomic E-state index is 12.8. The topological polar surface area (TPSA) is 41.6 Å². The number of hydrogen-bond acceptors (Lipinski definition) is 3. The predicted octanol–water partition coefficient (Wildman–Crippen LogP) is 3.97. The number of rotatable bonds is 6. The van der Waals surface area contributed by atoms with Crippen LogP contribution >= 0.6 is 0 Å². The average molecular weight is 352 g/mol. The van der Waals surface area contributed by atoms with Crippen molar-refractivity contribution in [1.82, 2.24) is 10.2 Å². The van der Waals surface area contributed by atoms with Crippen LogP contribution in [0.4, 0.5) is 0 Å². The van der Waals surface area contributed by atoms with Gasteiger partial charge >= 0.3 is 0 Å². The largest absolute Gasteiger partial charge is 0.496 e. The molecule has 4 nitrogen and oxygen atoms in total. The van der Waals surface area contributed by atoms with Crippen LogP contribution in [0, 0.1) is 0 Å². The quantitative estimate of drug-likeness (QED) is 0.855. The molecule has 1 heterocycles. The lowest BCUT2D eigenvalue weighted by molar-refractivity contribution is 0.0904. The Hall–Kier alpha value is -2.33. The normalized spacial score (nSPS) is 17.7. The monoisotopic (exact) mass is 352 g/mol. The zero-order chi connectivity index (χ0) is 18.4. The number of amides is 1. The number of methoxy groups -OCH3 is 1. The number of hydrogen-bond donors (Lipinski definition) is 1. The third-order valence-electron chi connectivity index (χ3n) is 4.92. The molecule has 1 aliphatic rings. The van der Waals surface area contributed by atoms with Crippen molar-refractivity contribution >= 4 is 5.91 Å². The molecular weight excluding hydrogens is 324 g/mol. The van der Waals surface area contributed by atoms with Crippen LogP contribution in [0.2, 0.25) is 0 Å². The lowest BCUT2D eigenvalue weighted by Crippen LogP contribution is -2.47. The van der Waals surface area contributed by atoms with Crippen molar-refractivity contribution in [2.45, 2.75) is 32.2 Å². The van der Waals surface area contributed by atoms with E-state index < -0.39 is 0 Å². The first-order valence-corrected chi connectivity index (χ1v) is 9.48. The highest BCUT2D eigenvalue weighted by Gasteiger charge is 2.21. The number of nitrogens with zero attached hydrogens (tertiary/aromatic N) is 1. The summed E-state index contributed by atoms with van der Waals surface area (Å²) in [6.45, 7) is 5.40. The zero-order valence-electron chi connectivity index (χ0n) is 15.7. The van der Waals surface area contributed by atoms with Gasteiger partial charge in [0.15, 0.2) is 0 Å². The van der Waals surface area contributed by atoms with Gasteiger partial charge in [-0.2, -0.15) is 0 Å². The van der Waals surface area contributed by atoms with Crippen LogP contribution < -0.4 is 10.1 Å². The molecule has 1 atom stereocenters. The fraction of sp³-hybridized carbons (Fsp3) is 0.409. The molecule has 138 valence electrons. The first-order chi connectivity index (χ1) is 12.7. The molecule has 1 fully saturated rings. The van der Waals surface area contributed by atoms with Crippen molar-refractivity contribution in [3.05, 3.63) is 54.1 Å². The minimum absolute atomic E-state index is 0.00472. The minimum atomic E-state index is 0.00472. The summed E-state index contributed by atoms with van der Waals surface area (Å²) >= 11 is 0. The Bertz CT molecular complexity index is 742. The van der Waals surface area contributed by atoms with Crippen molar-refractivity contribution in [2.75, 3.05) is 26.7 Å². The maximum Gasteiger partial charge on any atom is 0.251 e. The van der Waals surface area contributed by atoms with Crippen molar-refractivity contribution in [2.24, 2.45) is 0 Å². The molecule has 1 aliphatic heterocycles. The standard InChI is InChI=1S/C22H28N2O2/c1-3-13-24-14-7-10-19(16-24)23-22(25)18-9-6-8-17(15-18)20-11-4-5-12-21(20)26-2/h4-6,8-9,11-12,15,19H,3,7,10,13-14,16H2,1-2H3,(H,23,25). The van der Waals surface area contributed by atoms with Gasteiger partial charge in [-0.1, -0.05) is 37.3 Å². The number of para-hydroxylation sites is 1. The third kappa shape index (κ3) is 4.44. The number of piperidine rings is 1.